The molecule has 0 bridgehead atoms. The van der Waals surface area contributed by atoms with E-state index in [2.05, 4.69) is 25.1 Å². The van der Waals surface area contributed by atoms with Crippen molar-refractivity contribution in [2.24, 2.45) is 5.41 Å². The second kappa shape index (κ2) is 4.31. The fourth-order valence-corrected chi connectivity index (χ4v) is 4.98. The molecule has 20 heavy (non-hydrogen) atoms. The number of benzene rings is 1. The van der Waals surface area contributed by atoms with Gasteiger partial charge in [-0.05, 0) is 55.7 Å². The van der Waals surface area contributed by atoms with Gasteiger partial charge in [0.05, 0.1) is 0 Å². The molecule has 1 aromatic carbocycles. The molecule has 3 aliphatic carbocycles. The Kier molecular flexibility index (Phi) is 2.67. The number of ketones is 1. The topological polar surface area (TPSA) is 17.1 Å². The number of rotatable bonds is 1. The Hall–Kier alpha value is -1.37. The van der Waals surface area contributed by atoms with Crippen molar-refractivity contribution in [3.63, 3.8) is 0 Å². The van der Waals surface area contributed by atoms with Crippen molar-refractivity contribution < 1.29 is 4.79 Å². The van der Waals surface area contributed by atoms with E-state index in [0.29, 0.717) is 11.7 Å². The van der Waals surface area contributed by atoms with E-state index in [0.717, 1.165) is 38.5 Å². The van der Waals surface area contributed by atoms with E-state index < -0.39 is 0 Å². The minimum Gasteiger partial charge on any atom is -0.299 e. The molecule has 1 radical (unpaired) electrons. The molecule has 0 heterocycles. The van der Waals surface area contributed by atoms with Crippen LogP contribution in [0.15, 0.2) is 29.3 Å². The highest BCUT2D eigenvalue weighted by Gasteiger charge is 2.49. The Morgan fingerprint density at radius 1 is 1.30 bits per heavy atom. The quantitative estimate of drug-likeness (QED) is 0.689. The van der Waals surface area contributed by atoms with Gasteiger partial charge in [-0.25, -0.2) is 0 Å². The Labute approximate surface area is 121 Å². The zero-order chi connectivity index (χ0) is 13.7. The first-order valence-electron chi connectivity index (χ1n) is 8.01. The predicted molar refractivity (Wildman–Crippen MR) is 79.6 cm³/mol. The molecule has 1 fully saturated rings. The lowest BCUT2D eigenvalue weighted by atomic mass is 9.62. The van der Waals surface area contributed by atoms with Crippen LogP contribution >= 0.6 is 0 Å². The average molecular weight is 265 g/mol. The molecule has 0 saturated heterocycles. The third-order valence-corrected chi connectivity index (χ3v) is 6.01. The number of aryl methyl sites for hydroxylation is 1. The van der Waals surface area contributed by atoms with Crippen molar-refractivity contribution in [2.75, 3.05) is 0 Å². The standard InChI is InChI=1S/C19H21O/c1-2-19-12-11-15-14-6-4-3-5-13(14)7-8-16(15)17(19)9-10-18(19)20/h4-6,15H,2,7-12H2,1H3/t15-,19+/m1/s1. The summed E-state index contributed by atoms with van der Waals surface area (Å²) >= 11 is 0. The molecule has 4 rings (SSSR count). The molecule has 1 heteroatoms. The van der Waals surface area contributed by atoms with Crippen LogP contribution in [0.5, 0.6) is 0 Å². The van der Waals surface area contributed by atoms with E-state index in [1.807, 2.05) is 6.07 Å². The zero-order valence-corrected chi connectivity index (χ0v) is 12.2. The first kappa shape index (κ1) is 12.4. The van der Waals surface area contributed by atoms with Gasteiger partial charge >= 0.3 is 0 Å². The van der Waals surface area contributed by atoms with E-state index in [1.165, 1.54) is 17.5 Å². The fourth-order valence-electron chi connectivity index (χ4n) is 4.98. The van der Waals surface area contributed by atoms with Crippen LogP contribution in [0.4, 0.5) is 0 Å². The highest BCUT2D eigenvalue weighted by molar-refractivity contribution is 5.92. The van der Waals surface area contributed by atoms with Crippen LogP contribution in [0.1, 0.15) is 62.5 Å². The normalized spacial score (nSPS) is 31.9. The first-order valence-corrected chi connectivity index (χ1v) is 8.01. The fraction of sp³-hybridized carbons (Fsp3) is 0.526. The maximum atomic E-state index is 12.4. The van der Waals surface area contributed by atoms with Crippen LogP contribution in [0, 0.1) is 11.5 Å². The van der Waals surface area contributed by atoms with Crippen molar-refractivity contribution in [3.8, 4) is 0 Å². The van der Waals surface area contributed by atoms with Crippen molar-refractivity contribution in [3.05, 3.63) is 46.5 Å². The van der Waals surface area contributed by atoms with Crippen LogP contribution in [-0.4, -0.2) is 5.78 Å². The number of allylic oxidation sites excluding steroid dienone is 2. The van der Waals surface area contributed by atoms with Crippen molar-refractivity contribution in [1.29, 1.82) is 0 Å². The molecule has 0 amide bonds. The molecular formula is C19H21O. The summed E-state index contributed by atoms with van der Waals surface area (Å²) < 4.78 is 0. The molecule has 1 aromatic rings. The number of carbonyl (C=O) groups is 1. The lowest BCUT2D eigenvalue weighted by molar-refractivity contribution is -0.125. The second-order valence-electron chi connectivity index (χ2n) is 6.58. The molecule has 0 aromatic heterocycles. The Morgan fingerprint density at radius 3 is 3.05 bits per heavy atom. The lowest BCUT2D eigenvalue weighted by Gasteiger charge is -2.41. The van der Waals surface area contributed by atoms with E-state index in [9.17, 15) is 4.79 Å². The number of Topliss-reactive ketones (excluding diaryl/α,β-unsaturated/α-hetero) is 1. The Morgan fingerprint density at radius 2 is 2.20 bits per heavy atom. The molecule has 1 nitrogen and oxygen atoms in total. The summed E-state index contributed by atoms with van der Waals surface area (Å²) in [5.74, 6) is 1.11. The van der Waals surface area contributed by atoms with Gasteiger partial charge in [-0.2, -0.15) is 0 Å². The van der Waals surface area contributed by atoms with Crippen LogP contribution in [0.25, 0.3) is 0 Å². The van der Waals surface area contributed by atoms with E-state index in [4.69, 9.17) is 0 Å². The maximum Gasteiger partial charge on any atom is 0.143 e. The minimum absolute atomic E-state index is 0.0652. The molecule has 2 atom stereocenters. The molecule has 103 valence electrons. The van der Waals surface area contributed by atoms with Crippen molar-refractivity contribution in [1.82, 2.24) is 0 Å². The van der Waals surface area contributed by atoms with E-state index in [1.54, 1.807) is 11.1 Å². The van der Waals surface area contributed by atoms with Crippen molar-refractivity contribution >= 4 is 5.78 Å². The molecule has 0 unspecified atom stereocenters. The van der Waals surface area contributed by atoms with Crippen molar-refractivity contribution in [2.45, 2.75) is 57.8 Å². The van der Waals surface area contributed by atoms with Crippen LogP contribution in [0.3, 0.4) is 0 Å². The number of fused-ring (bicyclic) bond motifs is 4. The Balaban J connectivity index is 1.87. The Bertz CT molecular complexity index is 610. The van der Waals surface area contributed by atoms with Gasteiger partial charge in [0.1, 0.15) is 5.78 Å². The third-order valence-electron chi connectivity index (χ3n) is 6.01. The van der Waals surface area contributed by atoms with E-state index in [-0.39, 0.29) is 5.41 Å². The average Bonchev–Trinajstić information content (AvgIpc) is 2.85. The molecule has 0 N–H and O–H groups in total. The van der Waals surface area contributed by atoms with Gasteiger partial charge in [0.15, 0.2) is 0 Å². The van der Waals surface area contributed by atoms with Gasteiger partial charge in [0.2, 0.25) is 0 Å². The minimum atomic E-state index is -0.0652. The van der Waals surface area contributed by atoms with Crippen LogP contribution in [0.2, 0.25) is 0 Å². The van der Waals surface area contributed by atoms with Crippen LogP contribution < -0.4 is 0 Å². The third kappa shape index (κ3) is 1.47. The van der Waals surface area contributed by atoms with Crippen LogP contribution in [-0.2, 0) is 11.2 Å². The highest BCUT2D eigenvalue weighted by Crippen LogP contribution is 2.57. The summed E-state index contributed by atoms with van der Waals surface area (Å²) in [6, 6.07) is 9.69. The van der Waals surface area contributed by atoms with E-state index >= 15 is 0 Å². The molecule has 3 aliphatic rings. The summed E-state index contributed by atoms with van der Waals surface area (Å²) in [7, 11) is 0. The molecule has 1 saturated carbocycles. The first-order chi connectivity index (χ1) is 9.76. The van der Waals surface area contributed by atoms with Gasteiger partial charge in [0.25, 0.3) is 0 Å². The number of carbonyl (C=O) groups excluding carboxylic acids is 1. The predicted octanol–water partition coefficient (Wildman–Crippen LogP) is 4.37. The largest absolute Gasteiger partial charge is 0.299 e. The zero-order valence-electron chi connectivity index (χ0n) is 12.2. The molecular weight excluding hydrogens is 244 g/mol. The van der Waals surface area contributed by atoms with Gasteiger partial charge < -0.3 is 0 Å². The summed E-state index contributed by atoms with van der Waals surface area (Å²) in [4.78, 5) is 12.4. The second-order valence-corrected chi connectivity index (χ2v) is 6.58. The SMILES string of the molecule is CC[C@]12CC[C@H]3C(=C1CCC2=O)CCc1c[c]ccc13. The number of hydrogen-bond acceptors (Lipinski definition) is 1. The van der Waals surface area contributed by atoms with Gasteiger partial charge in [-0.3, -0.25) is 4.79 Å². The lowest BCUT2D eigenvalue weighted by Crippen LogP contribution is -2.33. The van der Waals surface area contributed by atoms with Gasteiger partial charge in [-0.1, -0.05) is 36.3 Å². The van der Waals surface area contributed by atoms with Gasteiger partial charge in [0, 0.05) is 17.8 Å². The molecule has 0 spiro atoms. The highest BCUT2D eigenvalue weighted by atomic mass is 16.1. The smallest absolute Gasteiger partial charge is 0.143 e. The molecule has 0 aliphatic heterocycles. The van der Waals surface area contributed by atoms with Gasteiger partial charge in [-0.15, -0.1) is 0 Å². The monoisotopic (exact) mass is 265 g/mol. The number of hydrogen-bond donors (Lipinski definition) is 0. The summed E-state index contributed by atoms with van der Waals surface area (Å²) in [6.45, 7) is 2.20. The summed E-state index contributed by atoms with van der Waals surface area (Å²) in [6.07, 6.45) is 7.36. The maximum absolute atomic E-state index is 12.4. The summed E-state index contributed by atoms with van der Waals surface area (Å²) in [5, 5.41) is 0. The summed E-state index contributed by atoms with van der Waals surface area (Å²) in [5.41, 5.74) is 6.10.